The van der Waals surface area contributed by atoms with Crippen molar-refractivity contribution in [2.75, 3.05) is 18.0 Å². The normalized spacial score (nSPS) is 15.7. The Morgan fingerprint density at radius 1 is 1.22 bits per heavy atom. The van der Waals surface area contributed by atoms with Crippen molar-refractivity contribution < 1.29 is 4.79 Å². The molecule has 23 heavy (non-hydrogen) atoms. The fourth-order valence-corrected chi connectivity index (χ4v) is 2.93. The minimum atomic E-state index is -0.0638. The zero-order valence-corrected chi connectivity index (χ0v) is 13.8. The van der Waals surface area contributed by atoms with Crippen LogP contribution in [0.25, 0.3) is 0 Å². The van der Waals surface area contributed by atoms with Crippen LogP contribution in [0.1, 0.15) is 34.7 Å². The van der Waals surface area contributed by atoms with E-state index in [0.29, 0.717) is 5.69 Å². The van der Waals surface area contributed by atoms with Gasteiger partial charge in [0.2, 0.25) is 5.95 Å². The molecule has 1 fully saturated rings. The summed E-state index contributed by atoms with van der Waals surface area (Å²) in [5.41, 5.74) is 2.56. The summed E-state index contributed by atoms with van der Waals surface area (Å²) in [6, 6.07) is 3.89. The first-order valence-electron chi connectivity index (χ1n) is 7.89. The number of nitrogens with zero attached hydrogens (tertiary/aromatic N) is 5. The Balaban J connectivity index is 1.58. The van der Waals surface area contributed by atoms with Crippen molar-refractivity contribution in [2.45, 2.75) is 32.7 Å². The molecule has 0 unspecified atom stereocenters. The number of aryl methyl sites for hydroxylation is 3. The van der Waals surface area contributed by atoms with Crippen LogP contribution in [-0.2, 0) is 7.05 Å². The van der Waals surface area contributed by atoms with Crippen LogP contribution >= 0.6 is 0 Å². The molecule has 0 radical (unpaired) electrons. The summed E-state index contributed by atoms with van der Waals surface area (Å²) < 4.78 is 1.59. The molecule has 122 valence electrons. The molecule has 0 aromatic carbocycles. The minimum Gasteiger partial charge on any atom is -0.348 e. The highest BCUT2D eigenvalue weighted by Crippen LogP contribution is 2.17. The van der Waals surface area contributed by atoms with Gasteiger partial charge in [0.15, 0.2) is 0 Å². The Hall–Kier alpha value is -2.44. The molecule has 0 aliphatic carbocycles. The van der Waals surface area contributed by atoms with Crippen LogP contribution < -0.4 is 10.2 Å². The quantitative estimate of drug-likeness (QED) is 0.922. The van der Waals surface area contributed by atoms with Crippen LogP contribution in [0.3, 0.4) is 0 Å². The fourth-order valence-electron chi connectivity index (χ4n) is 2.93. The molecule has 7 heteroatoms. The Morgan fingerprint density at radius 2 is 1.87 bits per heavy atom. The molecule has 7 nitrogen and oxygen atoms in total. The molecule has 1 aliphatic rings. The van der Waals surface area contributed by atoms with E-state index < -0.39 is 0 Å². The lowest BCUT2D eigenvalue weighted by Gasteiger charge is -2.32. The summed E-state index contributed by atoms with van der Waals surface area (Å²) in [6.45, 7) is 5.66. The third-order valence-corrected chi connectivity index (χ3v) is 4.14. The number of carbonyl (C=O) groups excluding carboxylic acids is 1. The molecule has 2 aromatic rings. The first kappa shape index (κ1) is 15.5. The van der Waals surface area contributed by atoms with Crippen LogP contribution in [0.15, 0.2) is 18.3 Å². The third kappa shape index (κ3) is 3.49. The van der Waals surface area contributed by atoms with Gasteiger partial charge in [-0.25, -0.2) is 9.97 Å². The van der Waals surface area contributed by atoms with E-state index in [1.54, 1.807) is 24.0 Å². The third-order valence-electron chi connectivity index (χ3n) is 4.14. The van der Waals surface area contributed by atoms with Crippen LogP contribution in [0.5, 0.6) is 0 Å². The van der Waals surface area contributed by atoms with Gasteiger partial charge in [-0.3, -0.25) is 9.48 Å². The monoisotopic (exact) mass is 314 g/mol. The van der Waals surface area contributed by atoms with Crippen molar-refractivity contribution in [3.8, 4) is 0 Å². The maximum Gasteiger partial charge on any atom is 0.269 e. The molecule has 3 heterocycles. The fraction of sp³-hybridized carbons (Fsp3) is 0.500. The van der Waals surface area contributed by atoms with Gasteiger partial charge in [-0.2, -0.15) is 5.10 Å². The van der Waals surface area contributed by atoms with Crippen LogP contribution in [-0.4, -0.2) is 44.8 Å². The molecule has 0 saturated carbocycles. The van der Waals surface area contributed by atoms with Gasteiger partial charge in [0.1, 0.15) is 5.69 Å². The first-order valence-corrected chi connectivity index (χ1v) is 7.89. The largest absolute Gasteiger partial charge is 0.348 e. The number of aromatic nitrogens is 4. The van der Waals surface area contributed by atoms with E-state index in [9.17, 15) is 4.79 Å². The summed E-state index contributed by atoms with van der Waals surface area (Å²) in [4.78, 5) is 23.4. The van der Waals surface area contributed by atoms with E-state index in [1.807, 2.05) is 19.9 Å². The van der Waals surface area contributed by atoms with Gasteiger partial charge in [-0.1, -0.05) is 0 Å². The molecule has 0 bridgehead atoms. The second-order valence-corrected chi connectivity index (χ2v) is 6.03. The van der Waals surface area contributed by atoms with Crippen LogP contribution in [0, 0.1) is 13.8 Å². The van der Waals surface area contributed by atoms with Gasteiger partial charge in [-0.05, 0) is 38.8 Å². The molecule has 2 aromatic heterocycles. The van der Waals surface area contributed by atoms with Crippen LogP contribution in [0.4, 0.5) is 5.95 Å². The summed E-state index contributed by atoms with van der Waals surface area (Å²) in [7, 11) is 1.77. The van der Waals surface area contributed by atoms with Crippen molar-refractivity contribution >= 4 is 11.9 Å². The van der Waals surface area contributed by atoms with Crippen LogP contribution in [0.2, 0.25) is 0 Å². The number of piperidine rings is 1. The molecule has 1 amide bonds. The lowest BCUT2D eigenvalue weighted by molar-refractivity contribution is 0.0921. The minimum absolute atomic E-state index is 0.0638. The highest BCUT2D eigenvalue weighted by Gasteiger charge is 2.23. The lowest BCUT2D eigenvalue weighted by Crippen LogP contribution is -2.45. The number of rotatable bonds is 3. The highest BCUT2D eigenvalue weighted by atomic mass is 16.2. The van der Waals surface area contributed by atoms with Gasteiger partial charge >= 0.3 is 0 Å². The maximum atomic E-state index is 12.2. The smallest absolute Gasteiger partial charge is 0.269 e. The lowest BCUT2D eigenvalue weighted by atomic mass is 10.1. The topological polar surface area (TPSA) is 75.9 Å². The van der Waals surface area contributed by atoms with E-state index in [-0.39, 0.29) is 11.9 Å². The van der Waals surface area contributed by atoms with Gasteiger partial charge < -0.3 is 10.2 Å². The summed E-state index contributed by atoms with van der Waals surface area (Å²) >= 11 is 0. The highest BCUT2D eigenvalue weighted by molar-refractivity contribution is 5.92. The summed E-state index contributed by atoms with van der Waals surface area (Å²) in [6.07, 6.45) is 3.41. The number of nitrogens with one attached hydrogen (secondary N) is 1. The van der Waals surface area contributed by atoms with Gasteiger partial charge in [-0.15, -0.1) is 0 Å². The zero-order chi connectivity index (χ0) is 16.4. The van der Waals surface area contributed by atoms with E-state index in [2.05, 4.69) is 25.3 Å². The molecular formula is C16H22N6O. The number of hydrogen-bond acceptors (Lipinski definition) is 5. The number of amides is 1. The van der Waals surface area contributed by atoms with Crippen molar-refractivity contribution in [3.05, 3.63) is 35.4 Å². The van der Waals surface area contributed by atoms with Gasteiger partial charge in [0.05, 0.1) is 0 Å². The summed E-state index contributed by atoms with van der Waals surface area (Å²) in [5, 5.41) is 7.12. The van der Waals surface area contributed by atoms with Crippen molar-refractivity contribution in [3.63, 3.8) is 0 Å². The average molecular weight is 314 g/mol. The molecule has 1 aliphatic heterocycles. The second-order valence-electron chi connectivity index (χ2n) is 6.03. The molecular weight excluding hydrogens is 292 g/mol. The molecule has 1 N–H and O–H groups in total. The Morgan fingerprint density at radius 3 is 2.43 bits per heavy atom. The van der Waals surface area contributed by atoms with Crippen molar-refractivity contribution in [2.24, 2.45) is 7.05 Å². The number of anilines is 1. The van der Waals surface area contributed by atoms with Crippen molar-refractivity contribution in [1.29, 1.82) is 0 Å². The van der Waals surface area contributed by atoms with E-state index in [0.717, 1.165) is 43.3 Å². The Labute approximate surface area is 135 Å². The standard InChI is InChI=1S/C16H22N6O/c1-11-10-12(2)19-16(18-11)22-8-5-13(6-9-22)20-15(23)14-4-7-17-21(14)3/h4,7,10,13H,5-6,8-9H2,1-3H3,(H,20,23). The van der Waals surface area contributed by atoms with Crippen molar-refractivity contribution in [1.82, 2.24) is 25.1 Å². The van der Waals surface area contributed by atoms with Gasteiger partial charge in [0, 0.05) is 43.8 Å². The first-order chi connectivity index (χ1) is 11.0. The molecule has 1 saturated heterocycles. The van der Waals surface area contributed by atoms with Gasteiger partial charge in [0.25, 0.3) is 5.91 Å². The zero-order valence-electron chi connectivity index (χ0n) is 13.8. The Kier molecular flexibility index (Phi) is 4.27. The second kappa shape index (κ2) is 6.36. The van der Waals surface area contributed by atoms with E-state index >= 15 is 0 Å². The Bertz CT molecular complexity index is 682. The average Bonchev–Trinajstić information content (AvgIpc) is 2.93. The molecule has 0 spiro atoms. The maximum absolute atomic E-state index is 12.2. The SMILES string of the molecule is Cc1cc(C)nc(N2CCC(NC(=O)c3ccnn3C)CC2)n1. The molecule has 0 atom stereocenters. The number of carbonyl (C=O) groups is 1. The predicted molar refractivity (Wildman–Crippen MR) is 87.4 cm³/mol. The van der Waals surface area contributed by atoms with E-state index in [4.69, 9.17) is 0 Å². The summed E-state index contributed by atoms with van der Waals surface area (Å²) in [5.74, 6) is 0.727. The predicted octanol–water partition coefficient (Wildman–Crippen LogP) is 1.23. The molecule has 3 rings (SSSR count). The van der Waals surface area contributed by atoms with E-state index in [1.165, 1.54) is 0 Å². The number of hydrogen-bond donors (Lipinski definition) is 1.